The van der Waals surface area contributed by atoms with Crippen LogP contribution in [0.4, 0.5) is 0 Å². The molecule has 1 aromatic heterocycles. The van der Waals surface area contributed by atoms with Crippen molar-refractivity contribution in [3.63, 3.8) is 0 Å². The number of nitrogens with zero attached hydrogens (tertiary/aromatic N) is 1. The largest absolute Gasteiger partial charge is 0.391 e. The molecule has 1 aliphatic carbocycles. The van der Waals surface area contributed by atoms with Crippen molar-refractivity contribution in [3.8, 4) is 0 Å². The highest BCUT2D eigenvalue weighted by Gasteiger charge is 2.27. The molecule has 1 fully saturated rings. The summed E-state index contributed by atoms with van der Waals surface area (Å²) in [6.07, 6.45) is 5.70. The first-order valence-corrected chi connectivity index (χ1v) is 7.30. The van der Waals surface area contributed by atoms with Crippen molar-refractivity contribution in [2.45, 2.75) is 51.7 Å². The topological polar surface area (TPSA) is 54.3 Å². The average molecular weight is 264 g/mol. The third-order valence-electron chi connectivity index (χ3n) is 4.02. The molecule has 1 atom stereocenters. The Morgan fingerprint density at radius 2 is 2.16 bits per heavy atom. The Morgan fingerprint density at radius 3 is 2.74 bits per heavy atom. The number of hydrogen-bond donors (Lipinski definition) is 2. The van der Waals surface area contributed by atoms with Crippen LogP contribution in [-0.2, 0) is 0 Å². The van der Waals surface area contributed by atoms with E-state index in [4.69, 9.17) is 0 Å². The lowest BCUT2D eigenvalue weighted by Crippen LogP contribution is -2.36. The van der Waals surface area contributed by atoms with Crippen LogP contribution < -0.4 is 5.32 Å². The summed E-state index contributed by atoms with van der Waals surface area (Å²) in [5.74, 6) is 0.178. The number of aliphatic hydroxyl groups excluding tert-OH is 1. The Bertz CT molecular complexity index is 420. The van der Waals surface area contributed by atoms with Crippen molar-refractivity contribution >= 4 is 5.91 Å². The summed E-state index contributed by atoms with van der Waals surface area (Å²) in [4.78, 5) is 12.1. The number of aromatic nitrogens is 1. The van der Waals surface area contributed by atoms with Gasteiger partial charge in [-0.15, -0.1) is 0 Å². The van der Waals surface area contributed by atoms with Gasteiger partial charge in [-0.1, -0.05) is 26.7 Å². The van der Waals surface area contributed by atoms with Crippen LogP contribution in [0.1, 0.15) is 56.1 Å². The molecule has 0 spiro atoms. The maximum atomic E-state index is 12.1. The monoisotopic (exact) mass is 264 g/mol. The molecule has 0 bridgehead atoms. The van der Waals surface area contributed by atoms with Crippen molar-refractivity contribution in [3.05, 3.63) is 24.0 Å². The van der Waals surface area contributed by atoms with Gasteiger partial charge in [0.25, 0.3) is 5.91 Å². The molecule has 1 saturated carbocycles. The van der Waals surface area contributed by atoms with Crippen LogP contribution in [0, 0.1) is 5.92 Å². The van der Waals surface area contributed by atoms with Gasteiger partial charge in [-0.25, -0.2) is 0 Å². The van der Waals surface area contributed by atoms with Gasteiger partial charge >= 0.3 is 0 Å². The number of aliphatic hydroxyl groups is 1. The highest BCUT2D eigenvalue weighted by atomic mass is 16.3. The lowest BCUT2D eigenvalue weighted by Gasteiger charge is -2.20. The summed E-state index contributed by atoms with van der Waals surface area (Å²) in [6.45, 7) is 4.47. The Balaban J connectivity index is 1.88. The molecule has 2 rings (SSSR count). The molecule has 1 unspecified atom stereocenters. The fourth-order valence-electron chi connectivity index (χ4n) is 2.54. The standard InChI is InChI=1S/C15H24N2O2/c1-3-11(4-2)14(18)10-16-15(19)13-6-5-9-17(13)12-7-8-12/h5-6,9,11-12,14,18H,3-4,7-8,10H2,1-2H3,(H,16,19). The van der Waals surface area contributed by atoms with E-state index in [1.165, 1.54) is 0 Å². The van der Waals surface area contributed by atoms with Gasteiger partial charge in [0.1, 0.15) is 5.69 Å². The van der Waals surface area contributed by atoms with Crippen LogP contribution in [0.2, 0.25) is 0 Å². The van der Waals surface area contributed by atoms with Crippen LogP contribution >= 0.6 is 0 Å². The number of rotatable bonds is 7. The zero-order valence-electron chi connectivity index (χ0n) is 11.8. The van der Waals surface area contributed by atoms with E-state index in [1.807, 2.05) is 22.9 Å². The van der Waals surface area contributed by atoms with Crippen LogP contribution in [0.5, 0.6) is 0 Å². The van der Waals surface area contributed by atoms with Crippen molar-refractivity contribution in [1.29, 1.82) is 0 Å². The minimum atomic E-state index is -0.455. The zero-order valence-corrected chi connectivity index (χ0v) is 11.8. The predicted molar refractivity (Wildman–Crippen MR) is 75.1 cm³/mol. The molecule has 4 heteroatoms. The molecule has 0 radical (unpaired) electrons. The van der Waals surface area contributed by atoms with Gasteiger partial charge < -0.3 is 15.0 Å². The second-order valence-corrected chi connectivity index (χ2v) is 5.39. The molecule has 0 aromatic carbocycles. The minimum Gasteiger partial charge on any atom is -0.391 e. The van der Waals surface area contributed by atoms with Gasteiger partial charge in [0.15, 0.2) is 0 Å². The summed E-state index contributed by atoms with van der Waals surface area (Å²) < 4.78 is 2.04. The number of nitrogens with one attached hydrogen (secondary N) is 1. The molecule has 1 amide bonds. The lowest BCUT2D eigenvalue weighted by molar-refractivity contribution is 0.0809. The third kappa shape index (κ3) is 3.38. The van der Waals surface area contributed by atoms with Crippen molar-refractivity contribution in [2.24, 2.45) is 5.92 Å². The van der Waals surface area contributed by atoms with E-state index in [2.05, 4.69) is 19.2 Å². The number of carbonyl (C=O) groups is 1. The first kappa shape index (κ1) is 14.1. The van der Waals surface area contributed by atoms with E-state index in [1.54, 1.807) is 0 Å². The summed E-state index contributed by atoms with van der Waals surface area (Å²) in [6, 6.07) is 4.25. The van der Waals surface area contributed by atoms with E-state index < -0.39 is 6.10 Å². The molecule has 1 heterocycles. The number of carbonyl (C=O) groups excluding carboxylic acids is 1. The molecule has 19 heavy (non-hydrogen) atoms. The van der Waals surface area contributed by atoms with Crippen LogP contribution in [-0.4, -0.2) is 28.2 Å². The molecule has 106 valence electrons. The molecular formula is C15H24N2O2. The maximum Gasteiger partial charge on any atom is 0.268 e. The SMILES string of the molecule is CCC(CC)C(O)CNC(=O)c1cccn1C1CC1. The minimum absolute atomic E-state index is 0.0816. The highest BCUT2D eigenvalue weighted by Crippen LogP contribution is 2.35. The van der Waals surface area contributed by atoms with Crippen LogP contribution in [0.15, 0.2) is 18.3 Å². The Hall–Kier alpha value is -1.29. The molecule has 1 aliphatic rings. The van der Waals surface area contributed by atoms with Gasteiger partial charge in [0.05, 0.1) is 6.10 Å². The summed E-state index contributed by atoms with van der Waals surface area (Å²) in [7, 11) is 0. The number of hydrogen-bond acceptors (Lipinski definition) is 2. The van der Waals surface area contributed by atoms with Gasteiger partial charge in [0, 0.05) is 18.8 Å². The fraction of sp³-hybridized carbons (Fsp3) is 0.667. The highest BCUT2D eigenvalue weighted by molar-refractivity contribution is 5.92. The van der Waals surface area contributed by atoms with Crippen LogP contribution in [0.25, 0.3) is 0 Å². The zero-order chi connectivity index (χ0) is 13.8. The van der Waals surface area contributed by atoms with Crippen molar-refractivity contribution < 1.29 is 9.90 Å². The lowest BCUT2D eigenvalue weighted by atomic mass is 9.96. The molecule has 2 N–H and O–H groups in total. The predicted octanol–water partition coefficient (Wildman–Crippen LogP) is 2.35. The van der Waals surface area contributed by atoms with Gasteiger partial charge in [-0.3, -0.25) is 4.79 Å². The number of amides is 1. The van der Waals surface area contributed by atoms with E-state index in [0.29, 0.717) is 18.3 Å². The average Bonchev–Trinajstić information content (AvgIpc) is 3.14. The Labute approximate surface area is 114 Å². The van der Waals surface area contributed by atoms with E-state index in [9.17, 15) is 9.90 Å². The van der Waals surface area contributed by atoms with E-state index in [0.717, 1.165) is 25.7 Å². The quantitative estimate of drug-likeness (QED) is 0.794. The molecule has 0 saturated heterocycles. The molecular weight excluding hydrogens is 240 g/mol. The van der Waals surface area contributed by atoms with Gasteiger partial charge in [-0.05, 0) is 30.9 Å². The van der Waals surface area contributed by atoms with E-state index >= 15 is 0 Å². The normalized spacial score (nSPS) is 16.6. The molecule has 1 aromatic rings. The van der Waals surface area contributed by atoms with Crippen LogP contribution in [0.3, 0.4) is 0 Å². The first-order chi connectivity index (χ1) is 9.17. The maximum absolute atomic E-state index is 12.1. The first-order valence-electron chi connectivity index (χ1n) is 7.30. The third-order valence-corrected chi connectivity index (χ3v) is 4.02. The second-order valence-electron chi connectivity index (χ2n) is 5.39. The second kappa shape index (κ2) is 6.24. The van der Waals surface area contributed by atoms with Crippen molar-refractivity contribution in [1.82, 2.24) is 9.88 Å². The summed E-state index contributed by atoms with van der Waals surface area (Å²) in [5, 5.41) is 12.9. The van der Waals surface area contributed by atoms with Gasteiger partial charge in [-0.2, -0.15) is 0 Å². The van der Waals surface area contributed by atoms with Gasteiger partial charge in [0.2, 0.25) is 0 Å². The molecule has 4 nitrogen and oxygen atoms in total. The van der Waals surface area contributed by atoms with E-state index in [-0.39, 0.29) is 11.8 Å². The Kier molecular flexibility index (Phi) is 4.64. The summed E-state index contributed by atoms with van der Waals surface area (Å²) >= 11 is 0. The summed E-state index contributed by atoms with van der Waals surface area (Å²) in [5.41, 5.74) is 0.708. The van der Waals surface area contributed by atoms with Crippen molar-refractivity contribution in [2.75, 3.05) is 6.54 Å². The fourth-order valence-corrected chi connectivity index (χ4v) is 2.54. The molecule has 0 aliphatic heterocycles. The Morgan fingerprint density at radius 1 is 1.47 bits per heavy atom. The smallest absolute Gasteiger partial charge is 0.268 e.